The van der Waals surface area contributed by atoms with Crippen LogP contribution in [0.1, 0.15) is 25.7 Å². The van der Waals surface area contributed by atoms with Gasteiger partial charge < -0.3 is 37.8 Å². The maximum absolute atomic E-state index is 12.5. The number of amides is 5. The van der Waals surface area contributed by atoms with Gasteiger partial charge >= 0.3 is 5.97 Å². The highest BCUT2D eigenvalue weighted by Crippen LogP contribution is 2.06. The standard InChI is InChI=1S/C16H26N6O7S/c17-11(23)4-8(14(26)21-9(16(28)29)5-12(18)24)20-15(27)10(6-30)22-13(25)7-2-1-3-19-7/h7-10,19,30H,1-6H2,(H2,17,23)(H2,18,24)(H,20,27)(H,21,26)(H,22,25)(H,28,29). The maximum Gasteiger partial charge on any atom is 0.326 e. The number of aliphatic carboxylic acids is 1. The number of carboxylic acid groups (broad SMARTS) is 1. The Hall–Kier alpha value is -2.87. The molecule has 1 heterocycles. The minimum Gasteiger partial charge on any atom is -0.480 e. The lowest BCUT2D eigenvalue weighted by Gasteiger charge is -2.23. The van der Waals surface area contributed by atoms with Gasteiger partial charge in [0, 0.05) is 5.75 Å². The van der Waals surface area contributed by atoms with Gasteiger partial charge in [0.05, 0.1) is 18.9 Å². The SMILES string of the molecule is NC(=O)CC(NC(=O)C(CC(N)=O)NC(=O)C(CS)NC(=O)C1CCCN1)C(=O)O. The lowest BCUT2D eigenvalue weighted by atomic mass is 10.1. The molecule has 1 saturated heterocycles. The van der Waals surface area contributed by atoms with Gasteiger partial charge in [-0.3, -0.25) is 24.0 Å². The number of carboxylic acids is 1. The Morgan fingerprint density at radius 3 is 1.93 bits per heavy atom. The number of rotatable bonds is 12. The van der Waals surface area contributed by atoms with Crippen molar-refractivity contribution in [2.45, 2.75) is 49.9 Å². The average Bonchev–Trinajstić information content (AvgIpc) is 3.18. The lowest BCUT2D eigenvalue weighted by molar-refractivity contribution is -0.144. The summed E-state index contributed by atoms with van der Waals surface area (Å²) >= 11 is 4.02. The van der Waals surface area contributed by atoms with Gasteiger partial charge in [-0.15, -0.1) is 0 Å². The molecule has 168 valence electrons. The van der Waals surface area contributed by atoms with Crippen LogP contribution in [0, 0.1) is 0 Å². The van der Waals surface area contributed by atoms with Crippen LogP contribution in [-0.2, 0) is 28.8 Å². The van der Waals surface area contributed by atoms with E-state index in [0.29, 0.717) is 13.0 Å². The van der Waals surface area contributed by atoms with Crippen LogP contribution in [0.5, 0.6) is 0 Å². The van der Waals surface area contributed by atoms with Gasteiger partial charge in [0.2, 0.25) is 29.5 Å². The molecule has 1 aliphatic heterocycles. The summed E-state index contributed by atoms with van der Waals surface area (Å²) in [5, 5.41) is 18.8. The maximum atomic E-state index is 12.5. The number of thiol groups is 1. The van der Waals surface area contributed by atoms with Crippen molar-refractivity contribution in [1.82, 2.24) is 21.3 Å². The number of hydrogen-bond donors (Lipinski definition) is 8. The molecule has 1 aliphatic rings. The molecule has 0 aromatic carbocycles. The molecule has 0 aromatic heterocycles. The third-order valence-electron chi connectivity index (χ3n) is 4.25. The van der Waals surface area contributed by atoms with E-state index in [1.807, 2.05) is 5.32 Å². The van der Waals surface area contributed by atoms with E-state index in [1.165, 1.54) is 0 Å². The molecule has 0 saturated carbocycles. The van der Waals surface area contributed by atoms with Crippen LogP contribution in [0.15, 0.2) is 0 Å². The first-order chi connectivity index (χ1) is 14.0. The first kappa shape index (κ1) is 25.2. The van der Waals surface area contributed by atoms with Gasteiger partial charge in [0.25, 0.3) is 0 Å². The van der Waals surface area contributed by atoms with Gasteiger partial charge in [0.15, 0.2) is 0 Å². The molecular formula is C16H26N6O7S. The molecule has 13 nitrogen and oxygen atoms in total. The van der Waals surface area contributed by atoms with Crippen molar-refractivity contribution in [1.29, 1.82) is 0 Å². The molecule has 5 amide bonds. The monoisotopic (exact) mass is 446 g/mol. The summed E-state index contributed by atoms with van der Waals surface area (Å²) in [4.78, 5) is 70.5. The summed E-state index contributed by atoms with van der Waals surface area (Å²) in [6, 6.07) is -4.76. The molecule has 0 bridgehead atoms. The summed E-state index contributed by atoms with van der Waals surface area (Å²) in [5.41, 5.74) is 10.0. The molecule has 4 atom stereocenters. The summed E-state index contributed by atoms with van der Waals surface area (Å²) in [7, 11) is 0. The first-order valence-corrected chi connectivity index (χ1v) is 9.73. The van der Waals surface area contributed by atoms with E-state index in [4.69, 9.17) is 16.6 Å². The number of primary amides is 2. The van der Waals surface area contributed by atoms with E-state index in [-0.39, 0.29) is 5.75 Å². The van der Waals surface area contributed by atoms with Gasteiger partial charge in [-0.25, -0.2) is 4.79 Å². The second-order valence-electron chi connectivity index (χ2n) is 6.69. The molecule has 30 heavy (non-hydrogen) atoms. The van der Waals surface area contributed by atoms with E-state index in [0.717, 1.165) is 6.42 Å². The first-order valence-electron chi connectivity index (χ1n) is 9.09. The zero-order valence-corrected chi connectivity index (χ0v) is 16.9. The molecule has 0 radical (unpaired) electrons. The number of carbonyl (C=O) groups excluding carboxylic acids is 5. The Morgan fingerprint density at radius 1 is 0.933 bits per heavy atom. The van der Waals surface area contributed by atoms with Crippen LogP contribution in [0.3, 0.4) is 0 Å². The smallest absolute Gasteiger partial charge is 0.326 e. The summed E-state index contributed by atoms with van der Waals surface area (Å²) in [5.74, 6) is -5.84. The highest BCUT2D eigenvalue weighted by molar-refractivity contribution is 7.80. The second kappa shape index (κ2) is 12.0. The Morgan fingerprint density at radius 2 is 1.47 bits per heavy atom. The van der Waals surface area contributed by atoms with Crippen LogP contribution < -0.4 is 32.7 Å². The average molecular weight is 446 g/mol. The van der Waals surface area contributed by atoms with Gasteiger partial charge in [-0.2, -0.15) is 12.6 Å². The van der Waals surface area contributed by atoms with E-state index in [2.05, 4.69) is 28.6 Å². The molecule has 9 N–H and O–H groups in total. The van der Waals surface area contributed by atoms with Crippen molar-refractivity contribution in [2.24, 2.45) is 11.5 Å². The molecular weight excluding hydrogens is 420 g/mol. The van der Waals surface area contributed by atoms with Crippen molar-refractivity contribution in [3.63, 3.8) is 0 Å². The number of hydrogen-bond acceptors (Lipinski definition) is 8. The Kier molecular flexibility index (Phi) is 10.0. The van der Waals surface area contributed by atoms with Crippen LogP contribution in [0.2, 0.25) is 0 Å². The molecule has 0 spiro atoms. The van der Waals surface area contributed by atoms with Gasteiger partial charge in [0.1, 0.15) is 18.1 Å². The topological polar surface area (TPSA) is 223 Å². The Bertz CT molecular complexity index is 698. The van der Waals surface area contributed by atoms with Crippen molar-refractivity contribution in [2.75, 3.05) is 12.3 Å². The normalized spacial score (nSPS) is 18.5. The number of carbonyl (C=O) groups is 6. The summed E-state index contributed by atoms with van der Waals surface area (Å²) in [6.07, 6.45) is 0.0859. The van der Waals surface area contributed by atoms with E-state index >= 15 is 0 Å². The van der Waals surface area contributed by atoms with Crippen LogP contribution in [0.25, 0.3) is 0 Å². The molecule has 0 aromatic rings. The van der Waals surface area contributed by atoms with Crippen molar-refractivity contribution in [3.8, 4) is 0 Å². The molecule has 0 aliphatic carbocycles. The fourth-order valence-corrected chi connectivity index (χ4v) is 2.99. The van der Waals surface area contributed by atoms with E-state index in [9.17, 15) is 28.8 Å². The number of nitrogens with one attached hydrogen (secondary N) is 4. The van der Waals surface area contributed by atoms with Gasteiger partial charge in [-0.1, -0.05) is 0 Å². The third kappa shape index (κ3) is 8.24. The third-order valence-corrected chi connectivity index (χ3v) is 4.62. The zero-order valence-electron chi connectivity index (χ0n) is 16.1. The fourth-order valence-electron chi connectivity index (χ4n) is 2.73. The minimum atomic E-state index is -1.66. The Labute approximate surface area is 177 Å². The second-order valence-corrected chi connectivity index (χ2v) is 7.06. The predicted molar refractivity (Wildman–Crippen MR) is 106 cm³/mol. The molecule has 4 unspecified atom stereocenters. The summed E-state index contributed by atoms with van der Waals surface area (Å²) in [6.45, 7) is 0.673. The lowest BCUT2D eigenvalue weighted by Crippen LogP contribution is -2.58. The molecule has 1 rings (SSSR count). The summed E-state index contributed by atoms with van der Waals surface area (Å²) < 4.78 is 0. The van der Waals surface area contributed by atoms with Crippen molar-refractivity contribution in [3.05, 3.63) is 0 Å². The minimum absolute atomic E-state index is 0.103. The van der Waals surface area contributed by atoms with E-state index < -0.39 is 72.5 Å². The van der Waals surface area contributed by atoms with E-state index in [1.54, 1.807) is 0 Å². The molecule has 1 fully saturated rings. The van der Waals surface area contributed by atoms with Crippen molar-refractivity contribution < 1.29 is 33.9 Å². The van der Waals surface area contributed by atoms with Crippen LogP contribution in [0.4, 0.5) is 0 Å². The Balaban J connectivity index is 2.82. The quantitative estimate of drug-likeness (QED) is 0.137. The van der Waals surface area contributed by atoms with Crippen LogP contribution >= 0.6 is 12.6 Å². The molecule has 14 heteroatoms. The zero-order chi connectivity index (χ0) is 22.8. The van der Waals surface area contributed by atoms with Crippen molar-refractivity contribution >= 4 is 48.1 Å². The fraction of sp³-hybridized carbons (Fsp3) is 0.625. The predicted octanol–water partition coefficient (Wildman–Crippen LogP) is -4.04. The highest BCUT2D eigenvalue weighted by atomic mass is 32.1. The highest BCUT2D eigenvalue weighted by Gasteiger charge is 2.32. The van der Waals surface area contributed by atoms with Gasteiger partial charge in [-0.05, 0) is 19.4 Å². The largest absolute Gasteiger partial charge is 0.480 e. The van der Waals surface area contributed by atoms with Crippen LogP contribution in [-0.4, -0.2) is 77.1 Å². The number of nitrogens with two attached hydrogens (primary N) is 2.